The van der Waals surface area contributed by atoms with Gasteiger partial charge in [-0.05, 0) is 19.3 Å². The zero-order valence-electron chi connectivity index (χ0n) is 13.6. The number of rotatable bonds is 7. The van der Waals surface area contributed by atoms with Crippen molar-refractivity contribution in [3.63, 3.8) is 0 Å². The Morgan fingerprint density at radius 2 is 1.81 bits per heavy atom. The Hall–Kier alpha value is -0.650. The quantitative estimate of drug-likeness (QED) is 0.744. The summed E-state index contributed by atoms with van der Waals surface area (Å²) in [6.45, 7) is 9.36. The lowest BCUT2D eigenvalue weighted by atomic mass is 10.1. The maximum Gasteiger partial charge on any atom is 0.320 e. The average Bonchev–Trinajstić information content (AvgIpc) is 2.97. The van der Waals surface area contributed by atoms with Crippen LogP contribution in [0.4, 0.5) is 0 Å². The van der Waals surface area contributed by atoms with E-state index in [1.807, 2.05) is 13.8 Å². The van der Waals surface area contributed by atoms with Crippen LogP contribution in [0.3, 0.4) is 0 Å². The summed E-state index contributed by atoms with van der Waals surface area (Å²) in [5.41, 5.74) is 0. The molecule has 0 aromatic rings. The molecular formula is C16H31N3O2. The molecular weight excluding hydrogens is 266 g/mol. The Balaban J connectivity index is 1.68. The molecule has 5 heteroatoms. The summed E-state index contributed by atoms with van der Waals surface area (Å²) < 4.78 is 0. The summed E-state index contributed by atoms with van der Waals surface area (Å²) >= 11 is 0. The smallest absolute Gasteiger partial charge is 0.320 e. The van der Waals surface area contributed by atoms with Gasteiger partial charge in [0.05, 0.1) is 0 Å². The zero-order chi connectivity index (χ0) is 15.2. The summed E-state index contributed by atoms with van der Waals surface area (Å²) in [7, 11) is 0. The molecule has 1 heterocycles. The lowest BCUT2D eigenvalue weighted by molar-refractivity contribution is -0.140. The van der Waals surface area contributed by atoms with Crippen molar-refractivity contribution in [3.8, 4) is 0 Å². The van der Waals surface area contributed by atoms with Crippen LogP contribution in [0.5, 0.6) is 0 Å². The molecule has 1 aliphatic heterocycles. The first-order valence-electron chi connectivity index (χ1n) is 8.51. The SMILES string of the molecule is CC(C)NC(CCN1CCN(C2CCCC2)CC1)C(=O)O. The molecule has 21 heavy (non-hydrogen) atoms. The van der Waals surface area contributed by atoms with E-state index in [0.717, 1.165) is 38.8 Å². The first kappa shape index (κ1) is 16.7. The lowest BCUT2D eigenvalue weighted by Crippen LogP contribution is -2.51. The number of hydrogen-bond acceptors (Lipinski definition) is 4. The van der Waals surface area contributed by atoms with E-state index in [2.05, 4.69) is 15.1 Å². The molecule has 0 amide bonds. The highest BCUT2D eigenvalue weighted by atomic mass is 16.4. The van der Waals surface area contributed by atoms with Crippen molar-refractivity contribution in [1.82, 2.24) is 15.1 Å². The topological polar surface area (TPSA) is 55.8 Å². The minimum Gasteiger partial charge on any atom is -0.480 e. The molecule has 1 saturated carbocycles. The lowest BCUT2D eigenvalue weighted by Gasteiger charge is -2.38. The van der Waals surface area contributed by atoms with Crippen molar-refractivity contribution in [3.05, 3.63) is 0 Å². The number of carboxylic acid groups (broad SMARTS) is 1. The molecule has 1 unspecified atom stereocenters. The van der Waals surface area contributed by atoms with Gasteiger partial charge in [0, 0.05) is 44.8 Å². The summed E-state index contributed by atoms with van der Waals surface area (Å²) in [6, 6.07) is 0.615. The van der Waals surface area contributed by atoms with Crippen LogP contribution < -0.4 is 5.32 Å². The third-order valence-electron chi connectivity index (χ3n) is 4.81. The fraction of sp³-hybridized carbons (Fsp3) is 0.938. The van der Waals surface area contributed by atoms with Crippen LogP contribution in [-0.2, 0) is 4.79 Å². The van der Waals surface area contributed by atoms with Gasteiger partial charge < -0.3 is 15.3 Å². The van der Waals surface area contributed by atoms with Gasteiger partial charge in [-0.3, -0.25) is 9.69 Å². The summed E-state index contributed by atoms with van der Waals surface area (Å²) in [4.78, 5) is 16.3. The van der Waals surface area contributed by atoms with Gasteiger partial charge in [0.25, 0.3) is 0 Å². The molecule has 2 aliphatic rings. The standard InChI is InChI=1S/C16H31N3O2/c1-13(2)17-15(16(20)21)7-8-18-9-11-19(12-10-18)14-5-3-4-6-14/h13-15,17H,3-12H2,1-2H3,(H,20,21). The van der Waals surface area contributed by atoms with E-state index in [1.54, 1.807) is 0 Å². The number of carbonyl (C=O) groups is 1. The van der Waals surface area contributed by atoms with Crippen LogP contribution in [0.1, 0.15) is 46.0 Å². The normalized spacial score (nSPS) is 23.8. The van der Waals surface area contributed by atoms with E-state index < -0.39 is 12.0 Å². The van der Waals surface area contributed by atoms with Crippen LogP contribution in [0.2, 0.25) is 0 Å². The number of nitrogens with one attached hydrogen (secondary N) is 1. The van der Waals surface area contributed by atoms with E-state index in [9.17, 15) is 9.90 Å². The van der Waals surface area contributed by atoms with Crippen LogP contribution >= 0.6 is 0 Å². The second kappa shape index (κ2) is 8.11. The van der Waals surface area contributed by atoms with Crippen molar-refractivity contribution >= 4 is 5.97 Å². The predicted octanol–water partition coefficient (Wildman–Crippen LogP) is 1.39. The Morgan fingerprint density at radius 1 is 1.19 bits per heavy atom. The Morgan fingerprint density at radius 3 is 2.33 bits per heavy atom. The molecule has 2 fully saturated rings. The molecule has 1 saturated heterocycles. The molecule has 5 nitrogen and oxygen atoms in total. The van der Waals surface area contributed by atoms with Gasteiger partial charge >= 0.3 is 5.97 Å². The molecule has 122 valence electrons. The Labute approximate surface area is 128 Å². The highest BCUT2D eigenvalue weighted by Gasteiger charge is 2.26. The highest BCUT2D eigenvalue weighted by molar-refractivity contribution is 5.73. The van der Waals surface area contributed by atoms with Gasteiger partial charge in [0.15, 0.2) is 0 Å². The largest absolute Gasteiger partial charge is 0.480 e. The van der Waals surface area contributed by atoms with Gasteiger partial charge in [-0.1, -0.05) is 26.7 Å². The van der Waals surface area contributed by atoms with Crippen molar-refractivity contribution < 1.29 is 9.90 Å². The Kier molecular flexibility index (Phi) is 6.45. The number of aliphatic carboxylic acids is 1. The summed E-state index contributed by atoms with van der Waals surface area (Å²) in [6.07, 6.45) is 6.23. The predicted molar refractivity (Wildman–Crippen MR) is 84.6 cm³/mol. The molecule has 2 N–H and O–H groups in total. The molecule has 0 bridgehead atoms. The van der Waals surface area contributed by atoms with Crippen LogP contribution in [0.15, 0.2) is 0 Å². The number of nitrogens with zero attached hydrogens (tertiary/aromatic N) is 2. The molecule has 1 aliphatic carbocycles. The summed E-state index contributed by atoms with van der Waals surface area (Å²) in [5, 5.41) is 12.4. The fourth-order valence-electron chi connectivity index (χ4n) is 3.61. The minimum atomic E-state index is -0.728. The van der Waals surface area contributed by atoms with E-state index in [0.29, 0.717) is 6.42 Å². The first-order valence-corrected chi connectivity index (χ1v) is 8.51. The van der Waals surface area contributed by atoms with Crippen molar-refractivity contribution in [2.75, 3.05) is 32.7 Å². The molecule has 0 spiro atoms. The Bertz CT molecular complexity index is 321. The fourth-order valence-corrected chi connectivity index (χ4v) is 3.61. The van der Waals surface area contributed by atoms with E-state index in [1.165, 1.54) is 25.7 Å². The molecule has 0 aromatic heterocycles. The van der Waals surface area contributed by atoms with Gasteiger partial charge in [0.2, 0.25) is 0 Å². The van der Waals surface area contributed by atoms with E-state index in [4.69, 9.17) is 0 Å². The van der Waals surface area contributed by atoms with Crippen LogP contribution in [0, 0.1) is 0 Å². The third kappa shape index (κ3) is 5.24. The second-order valence-electron chi connectivity index (χ2n) is 6.82. The molecule has 2 rings (SSSR count). The minimum absolute atomic E-state index is 0.213. The number of piperazine rings is 1. The average molecular weight is 297 g/mol. The molecule has 1 atom stereocenters. The summed E-state index contributed by atoms with van der Waals surface area (Å²) in [5.74, 6) is -0.728. The second-order valence-corrected chi connectivity index (χ2v) is 6.82. The van der Waals surface area contributed by atoms with Crippen LogP contribution in [-0.4, -0.2) is 71.7 Å². The number of carboxylic acids is 1. The van der Waals surface area contributed by atoms with Crippen molar-refractivity contribution in [2.24, 2.45) is 0 Å². The van der Waals surface area contributed by atoms with Gasteiger partial charge in [-0.25, -0.2) is 0 Å². The van der Waals surface area contributed by atoms with E-state index in [-0.39, 0.29) is 6.04 Å². The maximum atomic E-state index is 11.2. The first-order chi connectivity index (χ1) is 10.1. The number of hydrogen-bond donors (Lipinski definition) is 2. The molecule has 0 aromatic carbocycles. The van der Waals surface area contributed by atoms with Gasteiger partial charge in [0.1, 0.15) is 6.04 Å². The van der Waals surface area contributed by atoms with E-state index >= 15 is 0 Å². The van der Waals surface area contributed by atoms with Crippen LogP contribution in [0.25, 0.3) is 0 Å². The van der Waals surface area contributed by atoms with Crippen molar-refractivity contribution in [1.29, 1.82) is 0 Å². The van der Waals surface area contributed by atoms with Crippen molar-refractivity contribution in [2.45, 2.75) is 64.1 Å². The maximum absolute atomic E-state index is 11.2. The van der Waals surface area contributed by atoms with Gasteiger partial charge in [-0.2, -0.15) is 0 Å². The monoisotopic (exact) mass is 297 g/mol. The third-order valence-corrected chi connectivity index (χ3v) is 4.81. The van der Waals surface area contributed by atoms with Gasteiger partial charge in [-0.15, -0.1) is 0 Å². The highest BCUT2D eigenvalue weighted by Crippen LogP contribution is 2.24. The molecule has 0 radical (unpaired) electrons. The zero-order valence-corrected chi connectivity index (χ0v) is 13.6.